The first-order chi connectivity index (χ1) is 29.9. The molecule has 2 atom stereocenters. The number of piperidine rings is 3. The molecular weight excluding hydrogens is 797 g/mol. The number of carbonyl (C=O) groups excluding carboxylic acids is 4. The Hall–Kier alpha value is -6.20. The number of amides is 4. The van der Waals surface area contributed by atoms with Crippen LogP contribution in [0.15, 0.2) is 54.9 Å². The quantitative estimate of drug-likeness (QED) is 0.133. The molecule has 0 radical (unpaired) electrons. The van der Waals surface area contributed by atoms with E-state index in [9.17, 15) is 19.2 Å². The first-order valence-corrected chi connectivity index (χ1v) is 21.4. The molecule has 3 saturated heterocycles. The lowest BCUT2D eigenvalue weighted by Gasteiger charge is -2.38. The summed E-state index contributed by atoms with van der Waals surface area (Å²) < 4.78 is 32.1. The van der Waals surface area contributed by atoms with Gasteiger partial charge in [-0.3, -0.25) is 34.3 Å². The molecule has 4 aliphatic rings. The van der Waals surface area contributed by atoms with Gasteiger partial charge in [-0.1, -0.05) is 6.07 Å². The van der Waals surface area contributed by atoms with E-state index in [1.54, 1.807) is 18.2 Å². The molecule has 0 aliphatic carbocycles. The number of imide groups is 2. The third-order valence-corrected chi connectivity index (χ3v) is 12.5. The van der Waals surface area contributed by atoms with Crippen LogP contribution in [0.3, 0.4) is 0 Å². The van der Waals surface area contributed by atoms with Crippen molar-refractivity contribution in [3.63, 3.8) is 0 Å². The number of fused-ring (bicyclic) bond motifs is 2. The second-order valence-electron chi connectivity index (χ2n) is 17.2. The van der Waals surface area contributed by atoms with E-state index < -0.39 is 41.3 Å². The zero-order valence-electron chi connectivity index (χ0n) is 35.0. The van der Waals surface area contributed by atoms with Crippen molar-refractivity contribution in [1.29, 1.82) is 0 Å². The van der Waals surface area contributed by atoms with Gasteiger partial charge in [0.25, 0.3) is 11.8 Å². The normalized spacial score (nSPS) is 20.3. The molecule has 4 aliphatic heterocycles. The van der Waals surface area contributed by atoms with Crippen molar-refractivity contribution in [2.75, 3.05) is 43.4 Å². The summed E-state index contributed by atoms with van der Waals surface area (Å²) >= 11 is 0. The number of likely N-dealkylation sites (tertiary alicyclic amines) is 2. The number of aromatic nitrogens is 5. The van der Waals surface area contributed by atoms with E-state index in [1.165, 1.54) is 6.07 Å². The number of pyridine rings is 1. The molecule has 3 aromatic heterocycles. The maximum Gasteiger partial charge on any atom is 0.262 e. The standard InChI is InChI=1S/C45H49F2N11O4/c1-25(2)57-26(3)50-41-34(46)17-29(18-37(41)57)40-35(47)21-49-45(54-40)52-38-10-6-28(20-48-38)23-55-15-12-27(13-16-55)22-56-14-4-5-31(24-56)51-30-7-8-32-33(19-30)44(62)58(43(32)61)36-9-11-39(59)53-42(36)60/h6-8,10,17-21,25,27,31,36,51H,4-5,9,11-16,22-24H2,1-3H3,(H,53,59,60)(H,48,49,52,54)/t31-,36?/m1/s1. The van der Waals surface area contributed by atoms with Crippen LogP contribution in [0.4, 0.5) is 26.2 Å². The second-order valence-corrected chi connectivity index (χ2v) is 17.2. The van der Waals surface area contributed by atoms with Crippen molar-refractivity contribution < 1.29 is 28.0 Å². The van der Waals surface area contributed by atoms with E-state index >= 15 is 8.78 Å². The van der Waals surface area contributed by atoms with Gasteiger partial charge in [-0.25, -0.2) is 28.7 Å². The molecule has 0 spiro atoms. The van der Waals surface area contributed by atoms with Gasteiger partial charge >= 0.3 is 0 Å². The maximum absolute atomic E-state index is 15.2. The van der Waals surface area contributed by atoms with Crippen LogP contribution in [0.5, 0.6) is 0 Å². The minimum absolute atomic E-state index is 0.0228. The van der Waals surface area contributed by atoms with Gasteiger partial charge in [0.2, 0.25) is 17.8 Å². The summed E-state index contributed by atoms with van der Waals surface area (Å²) in [4.78, 5) is 74.0. The van der Waals surface area contributed by atoms with Crippen molar-refractivity contribution in [2.24, 2.45) is 5.92 Å². The van der Waals surface area contributed by atoms with Crippen LogP contribution in [0.2, 0.25) is 0 Å². The highest BCUT2D eigenvalue weighted by Crippen LogP contribution is 2.33. The first kappa shape index (κ1) is 41.2. The highest BCUT2D eigenvalue weighted by molar-refractivity contribution is 6.23. The fraction of sp³-hybridized carbons (Fsp3) is 0.422. The molecule has 17 heteroatoms. The predicted octanol–water partition coefficient (Wildman–Crippen LogP) is 5.99. The average molecular weight is 846 g/mol. The Morgan fingerprint density at radius 1 is 0.855 bits per heavy atom. The Balaban J connectivity index is 0.751. The molecule has 15 nitrogen and oxygen atoms in total. The molecule has 1 unspecified atom stereocenters. The summed E-state index contributed by atoms with van der Waals surface area (Å²) in [5.74, 6) is -1.33. The lowest BCUT2D eigenvalue weighted by atomic mass is 9.94. The first-order valence-electron chi connectivity index (χ1n) is 21.4. The summed E-state index contributed by atoms with van der Waals surface area (Å²) in [5, 5.41) is 8.90. The molecule has 5 aromatic rings. The molecular formula is C45H49F2N11O4. The topological polar surface area (TPSA) is 171 Å². The van der Waals surface area contributed by atoms with Crippen LogP contribution >= 0.6 is 0 Å². The summed E-state index contributed by atoms with van der Waals surface area (Å²) in [6.45, 7) is 11.5. The van der Waals surface area contributed by atoms with E-state index in [2.05, 4.69) is 45.7 Å². The van der Waals surface area contributed by atoms with Gasteiger partial charge in [-0.15, -0.1) is 0 Å². The number of anilines is 3. The van der Waals surface area contributed by atoms with Crippen LogP contribution < -0.4 is 16.0 Å². The Kier molecular flexibility index (Phi) is 11.2. The molecule has 4 amide bonds. The monoisotopic (exact) mass is 845 g/mol. The number of aryl methyl sites for hydroxylation is 1. The summed E-state index contributed by atoms with van der Waals surface area (Å²) in [5.41, 5.74) is 3.46. The largest absolute Gasteiger partial charge is 0.381 e. The highest BCUT2D eigenvalue weighted by atomic mass is 19.1. The lowest BCUT2D eigenvalue weighted by Crippen LogP contribution is -2.54. The molecule has 7 heterocycles. The number of hydrogen-bond acceptors (Lipinski definition) is 12. The van der Waals surface area contributed by atoms with Crippen molar-refractivity contribution in [1.82, 2.24) is 44.5 Å². The van der Waals surface area contributed by atoms with E-state index in [-0.39, 0.29) is 53.2 Å². The van der Waals surface area contributed by atoms with Crippen LogP contribution in [0, 0.1) is 24.5 Å². The van der Waals surface area contributed by atoms with E-state index in [0.29, 0.717) is 28.6 Å². The van der Waals surface area contributed by atoms with Gasteiger partial charge in [0.15, 0.2) is 11.6 Å². The average Bonchev–Trinajstić information content (AvgIpc) is 3.72. The van der Waals surface area contributed by atoms with Gasteiger partial charge in [-0.2, -0.15) is 0 Å². The summed E-state index contributed by atoms with van der Waals surface area (Å²) in [6.07, 6.45) is 7.32. The highest BCUT2D eigenvalue weighted by Gasteiger charge is 2.44. The molecule has 0 saturated carbocycles. The fourth-order valence-corrected chi connectivity index (χ4v) is 9.48. The Bertz CT molecular complexity index is 2570. The Labute approximate surface area is 357 Å². The Morgan fingerprint density at radius 2 is 1.66 bits per heavy atom. The number of benzene rings is 2. The minimum atomic E-state index is -0.987. The van der Waals surface area contributed by atoms with E-state index in [0.717, 1.165) is 87.3 Å². The number of imidazole rings is 1. The van der Waals surface area contributed by atoms with Gasteiger partial charge < -0.3 is 20.1 Å². The van der Waals surface area contributed by atoms with Crippen LogP contribution in [-0.4, -0.2) is 108 Å². The van der Waals surface area contributed by atoms with Gasteiger partial charge in [0, 0.05) is 55.6 Å². The van der Waals surface area contributed by atoms with Gasteiger partial charge in [-0.05, 0) is 120 Å². The second kappa shape index (κ2) is 16.9. The maximum atomic E-state index is 15.2. The van der Waals surface area contributed by atoms with E-state index in [1.807, 2.05) is 49.7 Å². The van der Waals surface area contributed by atoms with Crippen molar-refractivity contribution in [2.45, 2.75) is 84.0 Å². The molecule has 2 aromatic carbocycles. The van der Waals surface area contributed by atoms with Crippen LogP contribution in [-0.2, 0) is 16.1 Å². The van der Waals surface area contributed by atoms with Gasteiger partial charge in [0.1, 0.15) is 28.9 Å². The Morgan fingerprint density at radius 3 is 2.42 bits per heavy atom. The smallest absolute Gasteiger partial charge is 0.262 e. The van der Waals surface area contributed by atoms with E-state index in [4.69, 9.17) is 0 Å². The number of nitrogens with one attached hydrogen (secondary N) is 3. The summed E-state index contributed by atoms with van der Waals surface area (Å²) in [6, 6.07) is 11.2. The SMILES string of the molecule is Cc1nc2c(F)cc(-c3nc(Nc4ccc(CN5CCC(CN6CCC[C@@H](Nc7ccc8c(c7)C(=O)N(C7CCC(=O)NC7=O)C8=O)C6)CC5)cn4)ncc3F)cc2n1C(C)C. The van der Waals surface area contributed by atoms with Crippen molar-refractivity contribution in [3.05, 3.63) is 89.0 Å². The zero-order valence-corrected chi connectivity index (χ0v) is 35.0. The fourth-order valence-electron chi connectivity index (χ4n) is 9.48. The lowest BCUT2D eigenvalue weighted by molar-refractivity contribution is -0.136. The number of halogens is 2. The van der Waals surface area contributed by atoms with Crippen LogP contribution in [0.25, 0.3) is 22.3 Å². The number of hydrogen-bond donors (Lipinski definition) is 3. The molecule has 9 rings (SSSR count). The van der Waals surface area contributed by atoms with Gasteiger partial charge in [0.05, 0.1) is 22.8 Å². The molecule has 62 heavy (non-hydrogen) atoms. The third kappa shape index (κ3) is 8.25. The predicted molar refractivity (Wildman–Crippen MR) is 228 cm³/mol. The van der Waals surface area contributed by atoms with Crippen LogP contribution in [0.1, 0.15) is 90.5 Å². The summed E-state index contributed by atoms with van der Waals surface area (Å²) in [7, 11) is 0. The van der Waals surface area contributed by atoms with Crippen molar-refractivity contribution in [3.8, 4) is 11.3 Å². The third-order valence-electron chi connectivity index (χ3n) is 12.5. The minimum Gasteiger partial charge on any atom is -0.381 e. The number of rotatable bonds is 11. The molecule has 0 bridgehead atoms. The molecule has 3 N–H and O–H groups in total. The zero-order chi connectivity index (χ0) is 43.2. The molecule has 322 valence electrons. The van der Waals surface area contributed by atoms with Crippen molar-refractivity contribution >= 4 is 52.1 Å². The number of carbonyl (C=O) groups is 4. The number of nitrogens with zero attached hydrogens (tertiary/aromatic N) is 8. The molecule has 3 fully saturated rings.